The fraction of sp³-hybridized carbons (Fsp3) is 0.733. The third-order valence-electron chi connectivity index (χ3n) is 4.19. The zero-order valence-electron chi connectivity index (χ0n) is 11.5. The minimum Gasteiger partial charge on any atom is -0.466 e. The second-order valence-electron chi connectivity index (χ2n) is 5.46. The van der Waals surface area contributed by atoms with Crippen LogP contribution in [0.5, 0.6) is 0 Å². The highest BCUT2D eigenvalue weighted by Crippen LogP contribution is 2.31. The van der Waals surface area contributed by atoms with Crippen LogP contribution in [0.4, 0.5) is 0 Å². The average Bonchev–Trinajstić information content (AvgIpc) is 2.84. The second-order valence-corrected chi connectivity index (χ2v) is 5.46. The predicted octanol–water partition coefficient (Wildman–Crippen LogP) is 4.13. The van der Waals surface area contributed by atoms with Gasteiger partial charge < -0.3 is 9.73 Å². The summed E-state index contributed by atoms with van der Waals surface area (Å²) in [7, 11) is 0. The molecule has 1 N–H and O–H groups in total. The van der Waals surface area contributed by atoms with Crippen molar-refractivity contribution in [1.82, 2.24) is 5.32 Å². The summed E-state index contributed by atoms with van der Waals surface area (Å²) in [5, 5.41) is 3.79. The predicted molar refractivity (Wildman–Crippen MR) is 71.2 cm³/mol. The van der Waals surface area contributed by atoms with Crippen molar-refractivity contribution in [2.75, 3.05) is 0 Å². The number of rotatable bonds is 4. The van der Waals surface area contributed by atoms with Crippen molar-refractivity contribution in [2.24, 2.45) is 5.92 Å². The van der Waals surface area contributed by atoms with Gasteiger partial charge in [0, 0.05) is 17.6 Å². The fourth-order valence-corrected chi connectivity index (χ4v) is 3.24. The first-order valence-electron chi connectivity index (χ1n) is 6.94. The molecule has 2 heteroatoms. The highest BCUT2D eigenvalue weighted by atomic mass is 16.3. The van der Waals surface area contributed by atoms with Gasteiger partial charge in [-0.15, -0.1) is 0 Å². The van der Waals surface area contributed by atoms with Crippen molar-refractivity contribution >= 4 is 0 Å². The van der Waals surface area contributed by atoms with E-state index in [4.69, 9.17) is 4.42 Å². The molecule has 0 saturated heterocycles. The number of hydrogen-bond donors (Lipinski definition) is 1. The van der Waals surface area contributed by atoms with Gasteiger partial charge in [0.1, 0.15) is 11.5 Å². The monoisotopic (exact) mass is 235 g/mol. The molecule has 0 radical (unpaired) electrons. The van der Waals surface area contributed by atoms with E-state index in [-0.39, 0.29) is 0 Å². The SMILES string of the molecule is CCC1CCCC1NC(C)c1cc(C)oc1C. The molecule has 0 aliphatic heterocycles. The number of aryl methyl sites for hydroxylation is 2. The van der Waals surface area contributed by atoms with Crippen molar-refractivity contribution in [3.8, 4) is 0 Å². The second kappa shape index (κ2) is 5.26. The summed E-state index contributed by atoms with van der Waals surface area (Å²) in [5.41, 5.74) is 1.32. The van der Waals surface area contributed by atoms with E-state index in [0.29, 0.717) is 12.1 Å². The molecule has 0 aromatic carbocycles. The lowest BCUT2D eigenvalue weighted by Crippen LogP contribution is -2.34. The third-order valence-corrected chi connectivity index (χ3v) is 4.19. The Morgan fingerprint density at radius 2 is 2.18 bits per heavy atom. The summed E-state index contributed by atoms with van der Waals surface area (Å²) < 4.78 is 5.61. The number of furan rings is 1. The van der Waals surface area contributed by atoms with Gasteiger partial charge in [0.2, 0.25) is 0 Å². The summed E-state index contributed by atoms with van der Waals surface area (Å²) in [6, 6.07) is 3.28. The van der Waals surface area contributed by atoms with Crippen LogP contribution in [0, 0.1) is 19.8 Å². The van der Waals surface area contributed by atoms with Gasteiger partial charge in [0.25, 0.3) is 0 Å². The van der Waals surface area contributed by atoms with Gasteiger partial charge in [-0.2, -0.15) is 0 Å². The molecule has 17 heavy (non-hydrogen) atoms. The lowest BCUT2D eigenvalue weighted by atomic mass is 9.99. The molecule has 0 spiro atoms. The Labute approximate surface area is 105 Å². The van der Waals surface area contributed by atoms with E-state index in [1.165, 1.54) is 31.2 Å². The molecule has 3 atom stereocenters. The van der Waals surface area contributed by atoms with Crippen molar-refractivity contribution < 1.29 is 4.42 Å². The third kappa shape index (κ3) is 2.74. The van der Waals surface area contributed by atoms with Crippen LogP contribution < -0.4 is 5.32 Å². The summed E-state index contributed by atoms with van der Waals surface area (Å²) in [6.45, 7) is 8.64. The van der Waals surface area contributed by atoms with Crippen LogP contribution in [0.2, 0.25) is 0 Å². The van der Waals surface area contributed by atoms with Crippen LogP contribution in [-0.4, -0.2) is 6.04 Å². The fourth-order valence-electron chi connectivity index (χ4n) is 3.24. The maximum Gasteiger partial charge on any atom is 0.105 e. The smallest absolute Gasteiger partial charge is 0.105 e. The number of nitrogens with one attached hydrogen (secondary N) is 1. The van der Waals surface area contributed by atoms with Crippen LogP contribution >= 0.6 is 0 Å². The molecule has 96 valence electrons. The molecule has 0 bridgehead atoms. The summed E-state index contributed by atoms with van der Waals surface area (Å²) in [6.07, 6.45) is 5.41. The van der Waals surface area contributed by atoms with Crippen molar-refractivity contribution in [3.05, 3.63) is 23.2 Å². The standard InChI is InChI=1S/C15H25NO/c1-5-13-7-6-8-15(13)16-11(3)14-9-10(2)17-12(14)4/h9,11,13,15-16H,5-8H2,1-4H3. The topological polar surface area (TPSA) is 25.2 Å². The molecule has 1 saturated carbocycles. The number of hydrogen-bond acceptors (Lipinski definition) is 2. The van der Waals surface area contributed by atoms with E-state index in [0.717, 1.165) is 17.4 Å². The highest BCUT2D eigenvalue weighted by Gasteiger charge is 2.27. The molecule has 3 unspecified atom stereocenters. The maximum atomic E-state index is 5.61. The molecular weight excluding hydrogens is 210 g/mol. The van der Waals surface area contributed by atoms with Gasteiger partial charge in [0.05, 0.1) is 0 Å². The van der Waals surface area contributed by atoms with Gasteiger partial charge in [-0.05, 0) is 45.6 Å². The zero-order valence-corrected chi connectivity index (χ0v) is 11.5. The Morgan fingerprint density at radius 1 is 1.41 bits per heavy atom. The molecular formula is C15H25NO. The van der Waals surface area contributed by atoms with Gasteiger partial charge in [0.15, 0.2) is 0 Å². The van der Waals surface area contributed by atoms with Crippen LogP contribution in [0.15, 0.2) is 10.5 Å². The Kier molecular flexibility index (Phi) is 3.93. The molecule has 1 aromatic rings. The molecule has 1 aromatic heterocycles. The highest BCUT2D eigenvalue weighted by molar-refractivity contribution is 5.23. The normalized spacial score (nSPS) is 26.4. The first-order chi connectivity index (χ1) is 8.11. The quantitative estimate of drug-likeness (QED) is 0.849. The molecule has 2 rings (SSSR count). The molecule has 2 nitrogen and oxygen atoms in total. The van der Waals surface area contributed by atoms with Gasteiger partial charge >= 0.3 is 0 Å². The van der Waals surface area contributed by atoms with E-state index in [2.05, 4.69) is 32.2 Å². The Morgan fingerprint density at radius 3 is 2.76 bits per heavy atom. The van der Waals surface area contributed by atoms with Crippen molar-refractivity contribution in [3.63, 3.8) is 0 Å². The van der Waals surface area contributed by atoms with E-state index < -0.39 is 0 Å². The van der Waals surface area contributed by atoms with Crippen LogP contribution in [0.1, 0.15) is 62.7 Å². The van der Waals surface area contributed by atoms with E-state index in [1.807, 2.05) is 6.92 Å². The van der Waals surface area contributed by atoms with Gasteiger partial charge in [-0.25, -0.2) is 0 Å². The van der Waals surface area contributed by atoms with Gasteiger partial charge in [-0.1, -0.05) is 19.8 Å². The minimum absolute atomic E-state index is 0.407. The Balaban J connectivity index is 2.01. The van der Waals surface area contributed by atoms with E-state index >= 15 is 0 Å². The van der Waals surface area contributed by atoms with Crippen LogP contribution in [0.3, 0.4) is 0 Å². The summed E-state index contributed by atoms with van der Waals surface area (Å²) in [4.78, 5) is 0. The van der Waals surface area contributed by atoms with E-state index in [1.54, 1.807) is 0 Å². The molecule has 1 aliphatic carbocycles. The largest absolute Gasteiger partial charge is 0.466 e. The zero-order chi connectivity index (χ0) is 12.4. The average molecular weight is 235 g/mol. The van der Waals surface area contributed by atoms with E-state index in [9.17, 15) is 0 Å². The maximum absolute atomic E-state index is 5.61. The molecule has 1 aliphatic rings. The van der Waals surface area contributed by atoms with Crippen molar-refractivity contribution in [1.29, 1.82) is 0 Å². The first kappa shape index (κ1) is 12.7. The van der Waals surface area contributed by atoms with Crippen molar-refractivity contribution in [2.45, 2.75) is 65.5 Å². The Hall–Kier alpha value is -0.760. The molecule has 0 amide bonds. The lowest BCUT2D eigenvalue weighted by Gasteiger charge is -2.24. The lowest BCUT2D eigenvalue weighted by molar-refractivity contribution is 0.358. The molecule has 1 heterocycles. The first-order valence-corrected chi connectivity index (χ1v) is 6.94. The van der Waals surface area contributed by atoms with Crippen LogP contribution in [0.25, 0.3) is 0 Å². The summed E-state index contributed by atoms with van der Waals surface area (Å²) >= 11 is 0. The molecule has 1 fully saturated rings. The minimum atomic E-state index is 0.407. The summed E-state index contributed by atoms with van der Waals surface area (Å²) in [5.74, 6) is 2.95. The Bertz CT molecular complexity index is 369. The van der Waals surface area contributed by atoms with Crippen LogP contribution in [-0.2, 0) is 0 Å². The van der Waals surface area contributed by atoms with Gasteiger partial charge in [-0.3, -0.25) is 0 Å².